The van der Waals surface area contributed by atoms with Crippen molar-refractivity contribution < 1.29 is 4.74 Å². The van der Waals surface area contributed by atoms with Gasteiger partial charge in [-0.3, -0.25) is 0 Å². The molecule has 2 aromatic carbocycles. The van der Waals surface area contributed by atoms with Crippen LogP contribution in [0.5, 0.6) is 5.75 Å². The van der Waals surface area contributed by atoms with Gasteiger partial charge in [-0.1, -0.05) is 43.0 Å². The standard InChI is InChI=1S/C20H20Cl2N4OS/c1-2-3-4-11-27-16-8-5-14(6-9-16)13-23-26-19(24-25-20(26)28)17-10-7-15(21)12-18(17)22/h5-10,12-13H,2-4,11H2,1H3,(H,25,28). The van der Waals surface area contributed by atoms with E-state index >= 15 is 0 Å². The Kier molecular flexibility index (Phi) is 7.25. The van der Waals surface area contributed by atoms with Crippen molar-refractivity contribution in [3.8, 4) is 17.1 Å². The molecule has 0 fully saturated rings. The number of ether oxygens (including phenoxy) is 1. The van der Waals surface area contributed by atoms with Gasteiger partial charge in [0.05, 0.1) is 17.8 Å². The van der Waals surface area contributed by atoms with Gasteiger partial charge in [0.15, 0.2) is 5.82 Å². The summed E-state index contributed by atoms with van der Waals surface area (Å²) in [5.74, 6) is 1.36. The lowest BCUT2D eigenvalue weighted by Gasteiger charge is -2.06. The fraction of sp³-hybridized carbons (Fsp3) is 0.250. The Bertz CT molecular complexity index is 1010. The molecule has 3 aromatic rings. The number of unbranched alkanes of at least 4 members (excludes halogenated alkanes) is 2. The lowest BCUT2D eigenvalue weighted by molar-refractivity contribution is 0.306. The molecule has 0 aliphatic rings. The summed E-state index contributed by atoms with van der Waals surface area (Å²) in [5, 5.41) is 12.5. The van der Waals surface area contributed by atoms with Gasteiger partial charge in [-0.05, 0) is 66.7 Å². The minimum Gasteiger partial charge on any atom is -0.494 e. The largest absolute Gasteiger partial charge is 0.494 e. The van der Waals surface area contributed by atoms with Crippen LogP contribution in [0.3, 0.4) is 0 Å². The summed E-state index contributed by atoms with van der Waals surface area (Å²) in [5.41, 5.74) is 1.60. The zero-order chi connectivity index (χ0) is 19.9. The van der Waals surface area contributed by atoms with E-state index in [0.29, 0.717) is 26.2 Å². The van der Waals surface area contributed by atoms with Crippen LogP contribution < -0.4 is 4.74 Å². The molecule has 0 aliphatic carbocycles. The van der Waals surface area contributed by atoms with E-state index in [-0.39, 0.29) is 0 Å². The molecule has 28 heavy (non-hydrogen) atoms. The molecular formula is C20H20Cl2N4OS. The van der Waals surface area contributed by atoms with Crippen molar-refractivity contribution in [3.63, 3.8) is 0 Å². The van der Waals surface area contributed by atoms with Crippen LogP contribution >= 0.6 is 35.4 Å². The van der Waals surface area contributed by atoms with Crippen molar-refractivity contribution in [3.05, 3.63) is 62.8 Å². The van der Waals surface area contributed by atoms with E-state index < -0.39 is 0 Å². The van der Waals surface area contributed by atoms with Gasteiger partial charge in [0.25, 0.3) is 0 Å². The van der Waals surface area contributed by atoms with E-state index in [2.05, 4.69) is 22.2 Å². The maximum Gasteiger partial charge on any atom is 0.216 e. The Morgan fingerprint density at radius 2 is 1.96 bits per heavy atom. The number of H-pyrrole nitrogens is 1. The lowest BCUT2D eigenvalue weighted by atomic mass is 10.2. The van der Waals surface area contributed by atoms with Gasteiger partial charge < -0.3 is 4.74 Å². The number of hydrogen-bond acceptors (Lipinski definition) is 4. The van der Waals surface area contributed by atoms with Crippen LogP contribution in [0.25, 0.3) is 11.4 Å². The van der Waals surface area contributed by atoms with Crippen molar-refractivity contribution in [2.75, 3.05) is 6.61 Å². The molecule has 0 spiro atoms. The molecule has 0 saturated carbocycles. The first-order chi connectivity index (χ1) is 13.6. The van der Waals surface area contributed by atoms with Crippen molar-refractivity contribution in [1.29, 1.82) is 0 Å². The van der Waals surface area contributed by atoms with E-state index in [4.69, 9.17) is 40.2 Å². The number of halogens is 2. The van der Waals surface area contributed by atoms with Gasteiger partial charge in [0.1, 0.15) is 5.75 Å². The highest BCUT2D eigenvalue weighted by Crippen LogP contribution is 2.29. The summed E-state index contributed by atoms with van der Waals surface area (Å²) in [6, 6.07) is 12.9. The van der Waals surface area contributed by atoms with E-state index in [9.17, 15) is 0 Å². The van der Waals surface area contributed by atoms with Crippen LogP contribution in [-0.2, 0) is 0 Å². The average Bonchev–Trinajstić information content (AvgIpc) is 3.05. The quantitative estimate of drug-likeness (QED) is 0.254. The Labute approximate surface area is 179 Å². The summed E-state index contributed by atoms with van der Waals surface area (Å²) >= 11 is 17.5. The highest BCUT2D eigenvalue weighted by atomic mass is 35.5. The zero-order valence-corrected chi connectivity index (χ0v) is 17.7. The van der Waals surface area contributed by atoms with Crippen LogP contribution in [0.4, 0.5) is 0 Å². The molecule has 5 nitrogen and oxygen atoms in total. The van der Waals surface area contributed by atoms with Crippen molar-refractivity contribution in [1.82, 2.24) is 14.9 Å². The normalized spacial score (nSPS) is 11.2. The second kappa shape index (κ2) is 9.87. The van der Waals surface area contributed by atoms with Gasteiger partial charge in [0.2, 0.25) is 4.77 Å². The smallest absolute Gasteiger partial charge is 0.216 e. The minimum atomic E-state index is 0.369. The fourth-order valence-electron chi connectivity index (χ4n) is 2.56. The molecule has 1 heterocycles. The van der Waals surface area contributed by atoms with Gasteiger partial charge in [-0.2, -0.15) is 14.9 Å². The molecule has 0 amide bonds. The first kappa shape index (κ1) is 20.6. The molecule has 8 heteroatoms. The first-order valence-electron chi connectivity index (χ1n) is 8.98. The SMILES string of the molecule is CCCCCOc1ccc(C=Nn2c(-c3ccc(Cl)cc3Cl)n[nH]c2=S)cc1. The maximum atomic E-state index is 6.29. The Hall–Kier alpha value is -2.15. The number of hydrogen-bond donors (Lipinski definition) is 1. The predicted octanol–water partition coefficient (Wildman–Crippen LogP) is 6.37. The monoisotopic (exact) mass is 434 g/mol. The molecule has 146 valence electrons. The molecule has 0 unspecified atom stereocenters. The summed E-state index contributed by atoms with van der Waals surface area (Å²) in [7, 11) is 0. The third kappa shape index (κ3) is 5.22. The molecule has 0 bridgehead atoms. The molecule has 0 atom stereocenters. The highest BCUT2D eigenvalue weighted by Gasteiger charge is 2.12. The van der Waals surface area contributed by atoms with E-state index in [0.717, 1.165) is 24.3 Å². The Morgan fingerprint density at radius 1 is 1.18 bits per heavy atom. The topological polar surface area (TPSA) is 55.2 Å². The summed E-state index contributed by atoms with van der Waals surface area (Å²) in [6.07, 6.45) is 5.13. The van der Waals surface area contributed by atoms with Crippen molar-refractivity contribution >= 4 is 41.6 Å². The van der Waals surface area contributed by atoms with Gasteiger partial charge in [-0.25, -0.2) is 5.10 Å². The van der Waals surface area contributed by atoms with Crippen LogP contribution in [0.15, 0.2) is 47.6 Å². The number of aromatic amines is 1. The molecule has 0 saturated heterocycles. The molecule has 3 rings (SSSR count). The van der Waals surface area contributed by atoms with Gasteiger partial charge in [-0.15, -0.1) is 0 Å². The fourth-order valence-corrected chi connectivity index (χ4v) is 3.23. The highest BCUT2D eigenvalue weighted by molar-refractivity contribution is 7.71. The predicted molar refractivity (Wildman–Crippen MR) is 117 cm³/mol. The van der Waals surface area contributed by atoms with E-state index in [1.165, 1.54) is 17.5 Å². The Morgan fingerprint density at radius 3 is 2.68 bits per heavy atom. The molecular weight excluding hydrogens is 415 g/mol. The van der Waals surface area contributed by atoms with Crippen molar-refractivity contribution in [2.24, 2.45) is 5.10 Å². The number of aromatic nitrogens is 3. The van der Waals surface area contributed by atoms with E-state index in [1.807, 2.05) is 24.3 Å². The van der Waals surface area contributed by atoms with Gasteiger partial charge in [0, 0.05) is 10.6 Å². The number of nitrogens with one attached hydrogen (secondary N) is 1. The number of rotatable bonds is 8. The van der Waals surface area contributed by atoms with Crippen LogP contribution in [0.2, 0.25) is 10.0 Å². The summed E-state index contributed by atoms with van der Waals surface area (Å²) in [6.45, 7) is 2.91. The lowest BCUT2D eigenvalue weighted by Crippen LogP contribution is -1.97. The minimum absolute atomic E-state index is 0.369. The van der Waals surface area contributed by atoms with Crippen LogP contribution in [-0.4, -0.2) is 27.7 Å². The number of nitrogens with zero attached hydrogens (tertiary/aromatic N) is 3. The maximum absolute atomic E-state index is 6.29. The molecule has 1 aromatic heterocycles. The van der Waals surface area contributed by atoms with Crippen molar-refractivity contribution in [2.45, 2.75) is 26.2 Å². The number of benzene rings is 2. The third-order valence-corrected chi connectivity index (χ3v) is 4.85. The first-order valence-corrected chi connectivity index (χ1v) is 10.1. The zero-order valence-electron chi connectivity index (χ0n) is 15.4. The summed E-state index contributed by atoms with van der Waals surface area (Å²) in [4.78, 5) is 0. The summed E-state index contributed by atoms with van der Waals surface area (Å²) < 4.78 is 7.62. The van der Waals surface area contributed by atoms with E-state index in [1.54, 1.807) is 24.4 Å². The Balaban J connectivity index is 1.76. The van der Waals surface area contributed by atoms with Crippen LogP contribution in [0.1, 0.15) is 31.7 Å². The second-order valence-electron chi connectivity index (χ2n) is 6.16. The third-order valence-electron chi connectivity index (χ3n) is 4.04. The molecule has 0 aliphatic heterocycles. The average molecular weight is 435 g/mol. The second-order valence-corrected chi connectivity index (χ2v) is 7.39. The molecule has 1 N–H and O–H groups in total. The van der Waals surface area contributed by atoms with Crippen LogP contribution in [0, 0.1) is 4.77 Å². The molecule has 0 radical (unpaired) electrons. The van der Waals surface area contributed by atoms with Gasteiger partial charge >= 0.3 is 0 Å².